The molecule has 1 aliphatic rings. The largest absolute Gasteiger partial charge is 0.497 e. The third kappa shape index (κ3) is 11.8. The molecule has 11 heteroatoms. The van der Waals surface area contributed by atoms with E-state index in [0.29, 0.717) is 54.3 Å². The number of aromatic nitrogens is 1. The highest BCUT2D eigenvalue weighted by Gasteiger charge is 2.20. The van der Waals surface area contributed by atoms with Gasteiger partial charge in [-0.2, -0.15) is 5.26 Å². The first-order valence-corrected chi connectivity index (χ1v) is 18.0. The number of nitrogens with zero attached hydrogens (tertiary/aromatic N) is 4. The van der Waals surface area contributed by atoms with E-state index in [2.05, 4.69) is 46.3 Å². The number of pyridine rings is 1. The molecule has 0 spiro atoms. The molecule has 0 saturated carbocycles. The van der Waals surface area contributed by atoms with Gasteiger partial charge in [0.1, 0.15) is 30.5 Å². The van der Waals surface area contributed by atoms with Gasteiger partial charge in [-0.1, -0.05) is 54.1 Å². The van der Waals surface area contributed by atoms with Crippen LogP contribution in [0.25, 0.3) is 12.2 Å². The van der Waals surface area contributed by atoms with Crippen molar-refractivity contribution in [2.75, 3.05) is 39.9 Å². The number of piperazine rings is 1. The van der Waals surface area contributed by atoms with Crippen molar-refractivity contribution in [1.29, 1.82) is 5.26 Å². The molecular weight excluding hydrogens is 735 g/mol. The third-order valence-corrected chi connectivity index (χ3v) is 9.14. The lowest BCUT2D eigenvalue weighted by Crippen LogP contribution is -2.47. The zero-order valence-electron chi connectivity index (χ0n) is 30.7. The van der Waals surface area contributed by atoms with Crippen LogP contribution in [0.15, 0.2) is 115 Å². The van der Waals surface area contributed by atoms with Crippen LogP contribution in [-0.4, -0.2) is 60.6 Å². The fourth-order valence-corrected chi connectivity index (χ4v) is 6.15. The molecule has 5 aromatic rings. The molecular formula is C44H42Cl2N4O5. The number of amides is 1. The number of halogens is 2. The van der Waals surface area contributed by atoms with Gasteiger partial charge in [0.25, 0.3) is 0 Å². The van der Waals surface area contributed by atoms with Gasteiger partial charge in [0.05, 0.1) is 30.0 Å². The zero-order valence-corrected chi connectivity index (χ0v) is 32.3. The van der Waals surface area contributed by atoms with Gasteiger partial charge in [0.2, 0.25) is 11.8 Å². The lowest BCUT2D eigenvalue weighted by molar-refractivity contribution is -0.127. The first kappa shape index (κ1) is 40.4. The van der Waals surface area contributed by atoms with E-state index in [-0.39, 0.29) is 18.3 Å². The van der Waals surface area contributed by atoms with E-state index >= 15 is 0 Å². The maximum absolute atomic E-state index is 13.1. The summed E-state index contributed by atoms with van der Waals surface area (Å²) >= 11 is 6.62. The average Bonchev–Trinajstić information content (AvgIpc) is 3.21. The summed E-state index contributed by atoms with van der Waals surface area (Å²) in [6, 6.07) is 32.6. The molecule has 1 aromatic heterocycles. The highest BCUT2D eigenvalue weighted by atomic mass is 35.5. The molecule has 0 atom stereocenters. The smallest absolute Gasteiger partial charge is 0.246 e. The van der Waals surface area contributed by atoms with E-state index in [1.165, 1.54) is 5.56 Å². The molecule has 282 valence electrons. The maximum atomic E-state index is 13.1. The number of benzene rings is 4. The van der Waals surface area contributed by atoms with Crippen LogP contribution in [0.5, 0.6) is 28.9 Å². The van der Waals surface area contributed by atoms with Gasteiger partial charge in [-0.25, -0.2) is 4.98 Å². The second-order valence-corrected chi connectivity index (χ2v) is 13.2. The zero-order chi connectivity index (χ0) is 37.7. The van der Waals surface area contributed by atoms with Gasteiger partial charge in [0.15, 0.2) is 5.75 Å². The third-order valence-electron chi connectivity index (χ3n) is 8.86. The van der Waals surface area contributed by atoms with Crippen LogP contribution in [0.2, 0.25) is 5.02 Å². The number of ether oxygens (including phenoxy) is 4. The van der Waals surface area contributed by atoms with E-state index in [9.17, 15) is 4.79 Å². The normalized spacial score (nSPS) is 12.9. The summed E-state index contributed by atoms with van der Waals surface area (Å²) < 4.78 is 22.8. The minimum absolute atomic E-state index is 0. The van der Waals surface area contributed by atoms with Crippen LogP contribution >= 0.6 is 24.0 Å². The summed E-state index contributed by atoms with van der Waals surface area (Å²) in [5, 5.41) is 9.37. The molecule has 0 aliphatic carbocycles. The average molecular weight is 778 g/mol. The molecule has 2 heterocycles. The fraction of sp³-hybridized carbons (Fsp3) is 0.205. The molecule has 0 radical (unpaired) electrons. The molecule has 6 rings (SSSR count). The summed E-state index contributed by atoms with van der Waals surface area (Å²) in [4.78, 5) is 21.7. The topological polar surface area (TPSA) is 97.2 Å². The number of hydrogen-bond donors (Lipinski definition) is 0. The second kappa shape index (κ2) is 20.0. The Labute approximate surface area is 333 Å². The molecule has 1 aliphatic heterocycles. The van der Waals surface area contributed by atoms with Crippen molar-refractivity contribution in [2.45, 2.75) is 20.1 Å². The van der Waals surface area contributed by atoms with Crippen molar-refractivity contribution < 1.29 is 23.7 Å². The highest BCUT2D eigenvalue weighted by Crippen LogP contribution is 2.34. The Kier molecular flexibility index (Phi) is 14.7. The first-order chi connectivity index (χ1) is 26.3. The van der Waals surface area contributed by atoms with Crippen molar-refractivity contribution >= 4 is 42.1 Å². The Hall–Kier alpha value is -5.79. The van der Waals surface area contributed by atoms with Crippen LogP contribution in [0.4, 0.5) is 0 Å². The molecule has 9 nitrogen and oxygen atoms in total. The van der Waals surface area contributed by atoms with Gasteiger partial charge in [-0.3, -0.25) is 9.69 Å². The van der Waals surface area contributed by atoms with E-state index in [1.807, 2.05) is 60.4 Å². The van der Waals surface area contributed by atoms with Crippen LogP contribution in [0.1, 0.15) is 33.4 Å². The van der Waals surface area contributed by atoms with Crippen molar-refractivity contribution in [3.63, 3.8) is 0 Å². The Balaban J connectivity index is 0.00000580. The molecule has 0 bridgehead atoms. The predicted molar refractivity (Wildman–Crippen MR) is 218 cm³/mol. The Morgan fingerprint density at radius 2 is 1.53 bits per heavy atom. The predicted octanol–water partition coefficient (Wildman–Crippen LogP) is 9.17. The maximum Gasteiger partial charge on any atom is 0.246 e. The van der Waals surface area contributed by atoms with Crippen molar-refractivity contribution in [1.82, 2.24) is 14.8 Å². The minimum Gasteiger partial charge on any atom is -0.497 e. The first-order valence-electron chi connectivity index (χ1n) is 17.6. The van der Waals surface area contributed by atoms with Gasteiger partial charge in [-0.05, 0) is 101 Å². The van der Waals surface area contributed by atoms with Gasteiger partial charge < -0.3 is 23.8 Å². The number of methoxy groups -OCH3 is 1. The monoisotopic (exact) mass is 776 g/mol. The number of carbonyl (C=O) groups excluding carboxylic acids is 1. The van der Waals surface area contributed by atoms with Crippen molar-refractivity contribution in [3.05, 3.63) is 154 Å². The lowest BCUT2D eigenvalue weighted by Gasteiger charge is -2.34. The minimum atomic E-state index is -0.0263. The number of carbonyl (C=O) groups is 1. The summed E-state index contributed by atoms with van der Waals surface area (Å²) in [5.41, 5.74) is 5.52. The molecule has 4 aromatic carbocycles. The van der Waals surface area contributed by atoms with Gasteiger partial charge >= 0.3 is 0 Å². The van der Waals surface area contributed by atoms with Crippen molar-refractivity contribution in [2.24, 2.45) is 0 Å². The fourth-order valence-electron chi connectivity index (χ4n) is 5.83. The SMILES string of the molecule is COc1ccc(OC/C=C/c2ccc(CN3CCN(C(=O)/C=C/c4cc(C)c(Oc5ccc(OCc6ccc(C#N)cc6)cn5)c(Cl)c4)CC3)cc2)cc1.Cl. The quantitative estimate of drug-likeness (QED) is 0.103. The van der Waals surface area contributed by atoms with E-state index in [1.54, 1.807) is 55.8 Å². The number of nitriles is 1. The van der Waals surface area contributed by atoms with E-state index in [0.717, 1.165) is 53.4 Å². The molecule has 1 amide bonds. The number of rotatable bonds is 14. The number of hydrogen-bond acceptors (Lipinski definition) is 8. The highest BCUT2D eigenvalue weighted by molar-refractivity contribution is 6.32. The Bertz CT molecular complexity index is 2080. The van der Waals surface area contributed by atoms with Gasteiger partial charge in [0, 0.05) is 44.9 Å². The lowest BCUT2D eigenvalue weighted by atomic mass is 10.1. The summed E-state index contributed by atoms with van der Waals surface area (Å²) in [6.45, 7) is 6.51. The van der Waals surface area contributed by atoms with E-state index < -0.39 is 0 Å². The molecule has 0 unspecified atom stereocenters. The summed E-state index contributed by atoms with van der Waals surface area (Å²) in [5.74, 6) is 3.04. The standard InChI is InChI=1S/C44H41ClN4O5.ClH/c1-32-26-37(27-41(45)44(32)54-42-19-18-40(29-47-42)53-31-36-11-7-34(28-46)8-12-36)13-20-43(50)49-23-21-48(22-24-49)30-35-9-5-33(6-10-35)4-3-25-52-39-16-14-38(51-2)15-17-39;/h3-20,26-27,29H,21-25,30-31H2,1-2H3;1H/b4-3+,20-13+;. The van der Waals surface area contributed by atoms with E-state index in [4.69, 9.17) is 35.8 Å². The van der Waals surface area contributed by atoms with Crippen LogP contribution in [0.3, 0.4) is 0 Å². The summed E-state index contributed by atoms with van der Waals surface area (Å²) in [6.07, 6.45) is 9.04. The van der Waals surface area contributed by atoms with Crippen LogP contribution in [-0.2, 0) is 17.9 Å². The van der Waals surface area contributed by atoms with Gasteiger partial charge in [-0.15, -0.1) is 12.4 Å². The van der Waals surface area contributed by atoms with Crippen LogP contribution in [0, 0.1) is 18.3 Å². The number of aryl methyl sites for hydroxylation is 1. The Morgan fingerprint density at radius 3 is 2.18 bits per heavy atom. The second-order valence-electron chi connectivity index (χ2n) is 12.7. The molecule has 1 saturated heterocycles. The molecule has 1 fully saturated rings. The molecule has 55 heavy (non-hydrogen) atoms. The molecule has 0 N–H and O–H groups in total. The Morgan fingerprint density at radius 1 is 0.836 bits per heavy atom. The summed E-state index contributed by atoms with van der Waals surface area (Å²) in [7, 11) is 1.64. The van der Waals surface area contributed by atoms with Crippen LogP contribution < -0.4 is 18.9 Å². The van der Waals surface area contributed by atoms with Crippen molar-refractivity contribution in [3.8, 4) is 34.9 Å².